The van der Waals surface area contributed by atoms with Crippen LogP contribution in [0.15, 0.2) is 70.9 Å². The fourth-order valence-electron chi connectivity index (χ4n) is 3.53. The molecule has 0 atom stereocenters. The SMILES string of the molecule is O=C(Nc1nc(-c2ccc(Cl)s2)cs1)c1ccc(S(=O)(=O)N2CCc3ccccc32)cc1. The van der Waals surface area contributed by atoms with Crippen LogP contribution in [0.25, 0.3) is 10.6 Å². The third-order valence-electron chi connectivity index (χ3n) is 5.10. The highest BCUT2D eigenvalue weighted by atomic mass is 35.5. The average Bonchev–Trinajstić information content (AvgIpc) is 3.53. The highest BCUT2D eigenvalue weighted by Gasteiger charge is 2.30. The van der Waals surface area contributed by atoms with Crippen molar-refractivity contribution in [1.29, 1.82) is 0 Å². The fraction of sp³-hybridized carbons (Fsp3) is 0.0909. The van der Waals surface area contributed by atoms with Crippen molar-refractivity contribution in [3.05, 3.63) is 81.5 Å². The van der Waals surface area contributed by atoms with E-state index in [1.807, 2.05) is 35.7 Å². The zero-order valence-electron chi connectivity index (χ0n) is 16.5. The van der Waals surface area contributed by atoms with E-state index in [0.29, 0.717) is 33.7 Å². The van der Waals surface area contributed by atoms with E-state index in [0.717, 1.165) is 16.1 Å². The summed E-state index contributed by atoms with van der Waals surface area (Å²) >= 11 is 8.70. The van der Waals surface area contributed by atoms with Gasteiger partial charge in [0.05, 0.1) is 25.5 Å². The van der Waals surface area contributed by atoms with Crippen molar-refractivity contribution in [2.45, 2.75) is 11.3 Å². The summed E-state index contributed by atoms with van der Waals surface area (Å²) in [6, 6.07) is 17.1. The Morgan fingerprint density at radius 2 is 1.84 bits per heavy atom. The number of hydrogen-bond acceptors (Lipinski definition) is 6. The lowest BCUT2D eigenvalue weighted by Crippen LogP contribution is -2.29. The molecule has 1 amide bonds. The molecule has 0 spiro atoms. The molecule has 1 aliphatic rings. The number of carbonyl (C=O) groups is 1. The number of amides is 1. The molecule has 0 aliphatic carbocycles. The minimum absolute atomic E-state index is 0.150. The maximum atomic E-state index is 13.1. The Hall–Kier alpha value is -2.72. The molecule has 0 unspecified atom stereocenters. The van der Waals surface area contributed by atoms with Gasteiger partial charge in [-0.1, -0.05) is 29.8 Å². The molecule has 0 radical (unpaired) electrons. The van der Waals surface area contributed by atoms with Gasteiger partial charge in [0.1, 0.15) is 0 Å². The number of halogens is 1. The third-order valence-corrected chi connectivity index (χ3v) is 8.94. The number of rotatable bonds is 5. The summed E-state index contributed by atoms with van der Waals surface area (Å²) in [6.45, 7) is 0.408. The standard InChI is InChI=1S/C22H16ClN3O3S3/c23-20-10-9-19(31-20)17-13-30-22(24-17)25-21(27)15-5-7-16(8-6-15)32(28,29)26-12-11-14-3-1-2-4-18(14)26/h1-10,13H,11-12H2,(H,24,25,27). The Labute approximate surface area is 198 Å². The summed E-state index contributed by atoms with van der Waals surface area (Å²) < 4.78 is 28.3. The van der Waals surface area contributed by atoms with Crippen LogP contribution >= 0.6 is 34.3 Å². The van der Waals surface area contributed by atoms with Gasteiger partial charge in [-0.15, -0.1) is 22.7 Å². The molecule has 0 fully saturated rings. The number of hydrogen-bond donors (Lipinski definition) is 1. The van der Waals surface area contributed by atoms with Crippen molar-refractivity contribution in [2.24, 2.45) is 0 Å². The summed E-state index contributed by atoms with van der Waals surface area (Å²) in [7, 11) is -3.70. The van der Waals surface area contributed by atoms with Gasteiger partial charge in [0.15, 0.2) is 5.13 Å². The summed E-state index contributed by atoms with van der Waals surface area (Å²) in [5.41, 5.74) is 2.82. The molecule has 6 nitrogen and oxygen atoms in total. The maximum absolute atomic E-state index is 13.1. The molecule has 162 valence electrons. The number of benzene rings is 2. The van der Waals surface area contributed by atoms with Gasteiger partial charge < -0.3 is 0 Å². The third kappa shape index (κ3) is 3.93. The Balaban J connectivity index is 1.32. The molecule has 3 heterocycles. The second kappa shape index (κ2) is 8.32. The van der Waals surface area contributed by atoms with Crippen LogP contribution in [0.4, 0.5) is 10.8 Å². The summed E-state index contributed by atoms with van der Waals surface area (Å²) in [6.07, 6.45) is 0.684. The zero-order chi connectivity index (χ0) is 22.3. The van der Waals surface area contributed by atoms with E-state index in [-0.39, 0.29) is 10.8 Å². The van der Waals surface area contributed by atoms with Crippen LogP contribution in [-0.4, -0.2) is 25.9 Å². The molecular formula is C22H16ClN3O3S3. The van der Waals surface area contributed by atoms with Crippen LogP contribution in [0.5, 0.6) is 0 Å². The van der Waals surface area contributed by atoms with Crippen LogP contribution in [0.1, 0.15) is 15.9 Å². The summed E-state index contributed by atoms with van der Waals surface area (Å²) in [5, 5.41) is 5.07. The van der Waals surface area contributed by atoms with E-state index >= 15 is 0 Å². The number of aromatic nitrogens is 1. The molecule has 1 aliphatic heterocycles. The number of fused-ring (bicyclic) bond motifs is 1. The van der Waals surface area contributed by atoms with Gasteiger partial charge in [0.25, 0.3) is 15.9 Å². The molecule has 32 heavy (non-hydrogen) atoms. The summed E-state index contributed by atoms with van der Waals surface area (Å²) in [5.74, 6) is -0.356. The Bertz CT molecular complexity index is 1410. The highest BCUT2D eigenvalue weighted by Crippen LogP contribution is 2.34. The molecule has 10 heteroatoms. The van der Waals surface area contributed by atoms with Crippen molar-refractivity contribution >= 4 is 61.0 Å². The molecule has 4 aromatic rings. The number of thiophene rings is 1. The van der Waals surface area contributed by atoms with Crippen LogP contribution in [0, 0.1) is 0 Å². The predicted molar refractivity (Wildman–Crippen MR) is 130 cm³/mol. The quantitative estimate of drug-likeness (QED) is 0.390. The molecule has 2 aromatic heterocycles. The monoisotopic (exact) mass is 501 g/mol. The van der Waals surface area contributed by atoms with Crippen molar-refractivity contribution < 1.29 is 13.2 Å². The minimum Gasteiger partial charge on any atom is -0.298 e. The fourth-order valence-corrected chi connectivity index (χ4v) is 6.82. The predicted octanol–water partition coefficient (Wildman–Crippen LogP) is 5.53. The molecule has 2 aromatic carbocycles. The van der Waals surface area contributed by atoms with Crippen molar-refractivity contribution in [2.75, 3.05) is 16.2 Å². The Morgan fingerprint density at radius 3 is 2.59 bits per heavy atom. The van der Waals surface area contributed by atoms with Crippen LogP contribution in [-0.2, 0) is 16.4 Å². The number of sulfonamides is 1. The lowest BCUT2D eigenvalue weighted by atomic mass is 10.2. The van der Waals surface area contributed by atoms with E-state index in [1.54, 1.807) is 6.07 Å². The number of nitrogens with zero attached hydrogens (tertiary/aromatic N) is 2. The first kappa shape index (κ1) is 21.1. The lowest BCUT2D eigenvalue weighted by molar-refractivity contribution is 0.102. The minimum atomic E-state index is -3.70. The number of nitrogens with one attached hydrogen (secondary N) is 1. The van der Waals surface area contributed by atoms with E-state index < -0.39 is 10.0 Å². The van der Waals surface area contributed by atoms with Gasteiger partial charge in [-0.25, -0.2) is 13.4 Å². The number of carbonyl (C=O) groups excluding carboxylic acids is 1. The van der Waals surface area contributed by atoms with Crippen molar-refractivity contribution in [3.8, 4) is 10.6 Å². The van der Waals surface area contributed by atoms with E-state index in [2.05, 4.69) is 10.3 Å². The lowest BCUT2D eigenvalue weighted by Gasteiger charge is -2.19. The van der Waals surface area contributed by atoms with Gasteiger partial charge in [0.2, 0.25) is 0 Å². The molecule has 5 rings (SSSR count). The molecular weight excluding hydrogens is 486 g/mol. The number of anilines is 2. The van der Waals surface area contributed by atoms with E-state index in [1.165, 1.54) is 51.2 Å². The second-order valence-electron chi connectivity index (χ2n) is 7.08. The number of para-hydroxylation sites is 1. The van der Waals surface area contributed by atoms with Gasteiger partial charge in [0, 0.05) is 17.5 Å². The first-order chi connectivity index (χ1) is 15.4. The molecule has 0 saturated heterocycles. The smallest absolute Gasteiger partial charge is 0.264 e. The first-order valence-electron chi connectivity index (χ1n) is 9.65. The Morgan fingerprint density at radius 1 is 1.06 bits per heavy atom. The van der Waals surface area contributed by atoms with Crippen LogP contribution in [0.3, 0.4) is 0 Å². The zero-order valence-corrected chi connectivity index (χ0v) is 19.7. The van der Waals surface area contributed by atoms with Gasteiger partial charge in [-0.3, -0.25) is 14.4 Å². The highest BCUT2D eigenvalue weighted by molar-refractivity contribution is 7.92. The maximum Gasteiger partial charge on any atom is 0.264 e. The Kier molecular flexibility index (Phi) is 5.50. The molecule has 1 N–H and O–H groups in total. The molecule has 0 bridgehead atoms. The first-order valence-corrected chi connectivity index (χ1v) is 13.2. The van der Waals surface area contributed by atoms with E-state index in [9.17, 15) is 13.2 Å². The van der Waals surface area contributed by atoms with Gasteiger partial charge in [-0.05, 0) is 54.4 Å². The van der Waals surface area contributed by atoms with Crippen molar-refractivity contribution in [3.63, 3.8) is 0 Å². The topological polar surface area (TPSA) is 79.4 Å². The number of thiazole rings is 1. The van der Waals surface area contributed by atoms with E-state index in [4.69, 9.17) is 11.6 Å². The van der Waals surface area contributed by atoms with Gasteiger partial charge >= 0.3 is 0 Å². The average molecular weight is 502 g/mol. The molecule has 0 saturated carbocycles. The summed E-state index contributed by atoms with van der Waals surface area (Å²) in [4.78, 5) is 18.1. The normalized spacial score (nSPS) is 13.2. The van der Waals surface area contributed by atoms with Crippen LogP contribution in [0.2, 0.25) is 4.34 Å². The second-order valence-corrected chi connectivity index (χ2v) is 11.5. The van der Waals surface area contributed by atoms with Gasteiger partial charge in [-0.2, -0.15) is 0 Å². The van der Waals surface area contributed by atoms with Crippen molar-refractivity contribution in [1.82, 2.24) is 4.98 Å². The van der Waals surface area contributed by atoms with Crippen LogP contribution < -0.4 is 9.62 Å². The largest absolute Gasteiger partial charge is 0.298 e.